The lowest BCUT2D eigenvalue weighted by atomic mass is 10.2. The Morgan fingerprint density at radius 2 is 2.10 bits per heavy atom. The van der Waals surface area contributed by atoms with E-state index >= 15 is 0 Å². The number of nitriles is 1. The number of hydrogen-bond acceptors (Lipinski definition) is 4. The van der Waals surface area contributed by atoms with E-state index in [4.69, 9.17) is 5.26 Å². The van der Waals surface area contributed by atoms with E-state index in [9.17, 15) is 4.79 Å². The molecule has 3 rings (SSSR count). The fourth-order valence-corrected chi connectivity index (χ4v) is 3.24. The summed E-state index contributed by atoms with van der Waals surface area (Å²) in [7, 11) is 0. The van der Waals surface area contributed by atoms with Crippen LogP contribution in [0.3, 0.4) is 0 Å². The van der Waals surface area contributed by atoms with Crippen molar-refractivity contribution in [2.24, 2.45) is 0 Å². The molecule has 106 valence electrons. The third kappa shape index (κ3) is 3.13. The maximum atomic E-state index is 12.1. The smallest absolute Gasteiger partial charge is 0.228 e. The summed E-state index contributed by atoms with van der Waals surface area (Å²) in [6.45, 7) is 1.40. The van der Waals surface area contributed by atoms with Gasteiger partial charge in [0.2, 0.25) is 5.91 Å². The number of amides is 1. The van der Waals surface area contributed by atoms with Gasteiger partial charge in [0.25, 0.3) is 0 Å². The zero-order valence-electron chi connectivity index (χ0n) is 11.5. The summed E-state index contributed by atoms with van der Waals surface area (Å²) in [5.74, 6) is 0.155. The largest absolute Gasteiger partial charge is 0.311 e. The first-order valence-electron chi connectivity index (χ1n) is 6.84. The maximum Gasteiger partial charge on any atom is 0.228 e. The highest BCUT2D eigenvalue weighted by Crippen LogP contribution is 2.22. The van der Waals surface area contributed by atoms with E-state index in [0.717, 1.165) is 15.4 Å². The number of hydrogen-bond donors (Lipinski definition) is 1. The predicted octanol–water partition coefficient (Wildman–Crippen LogP) is 2.51. The van der Waals surface area contributed by atoms with Gasteiger partial charge in [-0.1, -0.05) is 18.2 Å². The molecule has 2 heterocycles. The summed E-state index contributed by atoms with van der Waals surface area (Å²) in [5, 5.41) is 12.2. The molecule has 1 aromatic carbocycles. The number of anilines is 1. The van der Waals surface area contributed by atoms with Crippen LogP contribution < -0.4 is 10.2 Å². The van der Waals surface area contributed by atoms with Gasteiger partial charge in [0.05, 0.1) is 0 Å². The van der Waals surface area contributed by atoms with Gasteiger partial charge in [-0.25, -0.2) is 0 Å². The standard InChI is InChI=1S/C16H15N3OS/c17-9-14-6-7-15(21-14)10-18-12-8-16(20)19(11-12)13-4-2-1-3-5-13/h1-7,12,18H,8,10-11H2. The van der Waals surface area contributed by atoms with Gasteiger partial charge in [0, 0.05) is 36.1 Å². The fourth-order valence-electron chi connectivity index (χ4n) is 2.48. The van der Waals surface area contributed by atoms with E-state index in [1.165, 1.54) is 11.3 Å². The van der Waals surface area contributed by atoms with E-state index in [2.05, 4.69) is 11.4 Å². The molecule has 1 aromatic heterocycles. The number of carbonyl (C=O) groups is 1. The summed E-state index contributed by atoms with van der Waals surface area (Å²) >= 11 is 1.49. The quantitative estimate of drug-likeness (QED) is 0.943. The Hall–Kier alpha value is -2.16. The van der Waals surface area contributed by atoms with Crippen molar-refractivity contribution in [3.8, 4) is 6.07 Å². The molecule has 2 aromatic rings. The van der Waals surface area contributed by atoms with E-state index < -0.39 is 0 Å². The highest BCUT2D eigenvalue weighted by atomic mass is 32.1. The molecule has 1 N–H and O–H groups in total. The molecule has 0 radical (unpaired) electrons. The highest BCUT2D eigenvalue weighted by Gasteiger charge is 2.30. The Morgan fingerprint density at radius 3 is 2.81 bits per heavy atom. The molecule has 5 heteroatoms. The summed E-state index contributed by atoms with van der Waals surface area (Å²) < 4.78 is 0. The molecule has 21 heavy (non-hydrogen) atoms. The maximum absolute atomic E-state index is 12.1. The Morgan fingerprint density at radius 1 is 1.29 bits per heavy atom. The molecule has 1 fully saturated rings. The summed E-state index contributed by atoms with van der Waals surface area (Å²) in [5.41, 5.74) is 0.953. The van der Waals surface area contributed by atoms with Gasteiger partial charge >= 0.3 is 0 Å². The number of para-hydroxylation sites is 1. The minimum atomic E-state index is 0.155. The fraction of sp³-hybridized carbons (Fsp3) is 0.250. The molecular formula is C16H15N3OS. The monoisotopic (exact) mass is 297 g/mol. The molecule has 1 aliphatic rings. The lowest BCUT2D eigenvalue weighted by Crippen LogP contribution is -2.32. The van der Waals surface area contributed by atoms with E-state index in [1.807, 2.05) is 47.4 Å². The molecule has 4 nitrogen and oxygen atoms in total. The topological polar surface area (TPSA) is 56.1 Å². The Bertz CT molecular complexity index is 674. The van der Waals surface area contributed by atoms with Gasteiger partial charge in [-0.3, -0.25) is 4.79 Å². The molecule has 0 bridgehead atoms. The van der Waals surface area contributed by atoms with Crippen LogP contribution in [0.1, 0.15) is 16.2 Å². The van der Waals surface area contributed by atoms with Crippen LogP contribution in [0.15, 0.2) is 42.5 Å². The van der Waals surface area contributed by atoms with Gasteiger partial charge in [-0.2, -0.15) is 5.26 Å². The number of carbonyl (C=O) groups excluding carboxylic acids is 1. The lowest BCUT2D eigenvalue weighted by molar-refractivity contribution is -0.117. The zero-order chi connectivity index (χ0) is 14.7. The van der Waals surface area contributed by atoms with Crippen molar-refractivity contribution < 1.29 is 4.79 Å². The van der Waals surface area contributed by atoms with E-state index in [1.54, 1.807) is 0 Å². The van der Waals surface area contributed by atoms with Crippen molar-refractivity contribution in [3.05, 3.63) is 52.2 Å². The number of nitrogens with one attached hydrogen (secondary N) is 1. The van der Waals surface area contributed by atoms with Crippen LogP contribution in [-0.4, -0.2) is 18.5 Å². The first kappa shape index (κ1) is 13.8. The highest BCUT2D eigenvalue weighted by molar-refractivity contribution is 7.12. The van der Waals surface area contributed by atoms with Crippen molar-refractivity contribution in [3.63, 3.8) is 0 Å². The molecule has 0 aliphatic carbocycles. The summed E-state index contributed by atoms with van der Waals surface area (Å²) in [6, 6.07) is 15.8. The summed E-state index contributed by atoms with van der Waals surface area (Å²) in [6.07, 6.45) is 0.519. The second-order valence-corrected chi connectivity index (χ2v) is 6.17. The Kier molecular flexibility index (Phi) is 4.00. The lowest BCUT2D eigenvalue weighted by Gasteiger charge is -2.17. The number of rotatable bonds is 4. The van der Waals surface area contributed by atoms with Crippen LogP contribution in [0.4, 0.5) is 5.69 Å². The predicted molar refractivity (Wildman–Crippen MR) is 83.1 cm³/mol. The Balaban J connectivity index is 1.59. The van der Waals surface area contributed by atoms with Gasteiger partial charge in [-0.05, 0) is 24.3 Å². The van der Waals surface area contributed by atoms with Gasteiger partial charge in [0.15, 0.2) is 0 Å². The van der Waals surface area contributed by atoms with E-state index in [-0.39, 0.29) is 11.9 Å². The molecule has 1 atom stereocenters. The van der Waals surface area contributed by atoms with Crippen LogP contribution in [0.25, 0.3) is 0 Å². The van der Waals surface area contributed by atoms with Crippen LogP contribution in [0.5, 0.6) is 0 Å². The van der Waals surface area contributed by atoms with Crippen molar-refractivity contribution in [1.29, 1.82) is 5.26 Å². The second kappa shape index (κ2) is 6.08. The van der Waals surface area contributed by atoms with Crippen LogP contribution in [0, 0.1) is 11.3 Å². The van der Waals surface area contributed by atoms with Crippen LogP contribution >= 0.6 is 11.3 Å². The van der Waals surface area contributed by atoms with Crippen LogP contribution in [0.2, 0.25) is 0 Å². The minimum absolute atomic E-state index is 0.155. The first-order valence-corrected chi connectivity index (χ1v) is 7.65. The van der Waals surface area contributed by atoms with Gasteiger partial charge < -0.3 is 10.2 Å². The van der Waals surface area contributed by atoms with Crippen LogP contribution in [-0.2, 0) is 11.3 Å². The van der Waals surface area contributed by atoms with Gasteiger partial charge in [-0.15, -0.1) is 11.3 Å². The van der Waals surface area contributed by atoms with Crippen molar-refractivity contribution in [1.82, 2.24) is 5.32 Å². The molecule has 0 spiro atoms. The minimum Gasteiger partial charge on any atom is -0.311 e. The van der Waals surface area contributed by atoms with Crippen molar-refractivity contribution in [2.45, 2.75) is 19.0 Å². The average molecular weight is 297 g/mol. The van der Waals surface area contributed by atoms with Crippen molar-refractivity contribution >= 4 is 22.9 Å². The van der Waals surface area contributed by atoms with E-state index in [0.29, 0.717) is 19.5 Å². The third-order valence-electron chi connectivity index (χ3n) is 3.53. The first-order chi connectivity index (χ1) is 10.3. The van der Waals surface area contributed by atoms with Gasteiger partial charge in [0.1, 0.15) is 10.9 Å². The molecule has 1 saturated heterocycles. The zero-order valence-corrected chi connectivity index (χ0v) is 12.3. The average Bonchev–Trinajstić information content (AvgIpc) is 3.12. The molecule has 1 aliphatic heterocycles. The number of nitrogens with zero attached hydrogens (tertiary/aromatic N) is 2. The normalized spacial score (nSPS) is 18.0. The number of thiophene rings is 1. The molecular weight excluding hydrogens is 282 g/mol. The Labute approximate surface area is 127 Å². The summed E-state index contributed by atoms with van der Waals surface area (Å²) in [4.78, 5) is 15.8. The number of benzene rings is 1. The van der Waals surface area contributed by atoms with Crippen molar-refractivity contribution in [2.75, 3.05) is 11.4 Å². The third-order valence-corrected chi connectivity index (χ3v) is 4.52. The molecule has 1 amide bonds. The molecule has 0 saturated carbocycles. The molecule has 1 unspecified atom stereocenters. The second-order valence-electron chi connectivity index (χ2n) is 5.00. The SMILES string of the molecule is N#Cc1ccc(CNC2CC(=O)N(c3ccccc3)C2)s1.